The van der Waals surface area contributed by atoms with Crippen LogP contribution in [0.4, 0.5) is 4.39 Å². The van der Waals surface area contributed by atoms with Crippen LogP contribution in [0.3, 0.4) is 0 Å². The van der Waals surface area contributed by atoms with Crippen molar-refractivity contribution in [1.82, 2.24) is 0 Å². The smallest absolute Gasteiger partial charge is 0.141 e. The zero-order valence-electron chi connectivity index (χ0n) is 8.18. The molecule has 0 aliphatic carbocycles. The monoisotopic (exact) mass is 416 g/mol. The van der Waals surface area contributed by atoms with Crippen molar-refractivity contribution in [2.45, 2.75) is 4.83 Å². The van der Waals surface area contributed by atoms with Gasteiger partial charge in [0.1, 0.15) is 5.82 Å². The molecule has 2 rings (SSSR count). The summed E-state index contributed by atoms with van der Waals surface area (Å²) in [7, 11) is 0. The Morgan fingerprint density at radius 2 is 1.88 bits per heavy atom. The molecule has 1 heterocycles. The Kier molecular flexibility index (Phi) is 4.53. The highest BCUT2D eigenvalue weighted by atomic mass is 79.9. The maximum atomic E-state index is 13.1. The highest BCUT2D eigenvalue weighted by molar-refractivity contribution is 9.11. The molecule has 2 aromatic rings. The Labute approximate surface area is 129 Å². The van der Waals surface area contributed by atoms with E-state index in [1.165, 1.54) is 17.4 Å². The molecular formula is C11H5Br2Cl2FS. The Balaban J connectivity index is 2.36. The van der Waals surface area contributed by atoms with E-state index in [2.05, 4.69) is 31.9 Å². The van der Waals surface area contributed by atoms with Gasteiger partial charge in [0.05, 0.1) is 18.7 Å². The summed E-state index contributed by atoms with van der Waals surface area (Å²) in [6.07, 6.45) is 0. The predicted octanol–water partition coefficient (Wildman–Crippen LogP) is 6.44. The molecule has 0 aliphatic rings. The topological polar surface area (TPSA) is 0 Å². The van der Waals surface area contributed by atoms with Crippen LogP contribution in [0.25, 0.3) is 0 Å². The van der Waals surface area contributed by atoms with Crippen LogP contribution in [0, 0.1) is 5.82 Å². The Bertz CT molecular complexity index is 537. The van der Waals surface area contributed by atoms with Gasteiger partial charge in [0.25, 0.3) is 0 Å². The van der Waals surface area contributed by atoms with Crippen molar-refractivity contribution in [2.24, 2.45) is 0 Å². The van der Waals surface area contributed by atoms with Crippen molar-refractivity contribution in [1.29, 1.82) is 0 Å². The number of hydrogen-bond acceptors (Lipinski definition) is 1. The molecule has 17 heavy (non-hydrogen) atoms. The van der Waals surface area contributed by atoms with Crippen molar-refractivity contribution in [3.63, 3.8) is 0 Å². The zero-order valence-corrected chi connectivity index (χ0v) is 13.7. The first-order chi connectivity index (χ1) is 7.99. The van der Waals surface area contributed by atoms with Crippen LogP contribution in [0.1, 0.15) is 15.3 Å². The summed E-state index contributed by atoms with van der Waals surface area (Å²) in [5.74, 6) is -0.416. The van der Waals surface area contributed by atoms with Crippen LogP contribution in [0.2, 0.25) is 10.0 Å². The number of rotatable bonds is 2. The molecule has 1 aromatic heterocycles. The third-order valence-electron chi connectivity index (χ3n) is 2.15. The molecule has 90 valence electrons. The molecule has 0 N–H and O–H groups in total. The van der Waals surface area contributed by atoms with E-state index >= 15 is 0 Å². The van der Waals surface area contributed by atoms with Gasteiger partial charge in [-0.15, -0.1) is 11.3 Å². The van der Waals surface area contributed by atoms with Crippen LogP contribution in [-0.4, -0.2) is 0 Å². The Hall–Kier alpha value is 0.390. The quantitative estimate of drug-likeness (QED) is 0.492. The van der Waals surface area contributed by atoms with Crippen LogP contribution >= 0.6 is 66.4 Å². The van der Waals surface area contributed by atoms with E-state index < -0.39 is 5.82 Å². The van der Waals surface area contributed by atoms with Gasteiger partial charge >= 0.3 is 0 Å². The number of thiophene rings is 1. The Morgan fingerprint density at radius 1 is 1.18 bits per heavy atom. The summed E-state index contributed by atoms with van der Waals surface area (Å²) < 4.78 is 13.9. The number of halogens is 5. The lowest BCUT2D eigenvalue weighted by atomic mass is 10.1. The molecular weight excluding hydrogens is 414 g/mol. The molecule has 0 saturated carbocycles. The van der Waals surface area contributed by atoms with Gasteiger partial charge < -0.3 is 0 Å². The Morgan fingerprint density at radius 3 is 2.41 bits per heavy atom. The van der Waals surface area contributed by atoms with Gasteiger partial charge in [0, 0.05) is 4.88 Å². The molecule has 1 atom stereocenters. The third kappa shape index (κ3) is 3.04. The van der Waals surface area contributed by atoms with E-state index in [4.69, 9.17) is 23.2 Å². The first-order valence-corrected chi connectivity index (χ1v) is 7.81. The second kappa shape index (κ2) is 5.57. The fourth-order valence-corrected chi connectivity index (χ4v) is 3.96. The molecule has 0 spiro atoms. The first-order valence-electron chi connectivity index (χ1n) is 4.53. The second-order valence-corrected chi connectivity index (χ2v) is 7.44. The van der Waals surface area contributed by atoms with E-state index in [9.17, 15) is 4.39 Å². The number of benzene rings is 1. The van der Waals surface area contributed by atoms with E-state index in [0.717, 1.165) is 14.2 Å². The van der Waals surface area contributed by atoms with Gasteiger partial charge in [-0.1, -0.05) is 45.2 Å². The van der Waals surface area contributed by atoms with Gasteiger partial charge in [0.15, 0.2) is 0 Å². The van der Waals surface area contributed by atoms with Gasteiger partial charge in [0.2, 0.25) is 0 Å². The molecule has 1 aromatic carbocycles. The average Bonchev–Trinajstić information content (AvgIpc) is 2.62. The number of alkyl halides is 1. The minimum atomic E-state index is -0.416. The van der Waals surface area contributed by atoms with Crippen molar-refractivity contribution in [2.75, 3.05) is 0 Å². The van der Waals surface area contributed by atoms with Crippen LogP contribution in [-0.2, 0) is 0 Å². The summed E-state index contributed by atoms with van der Waals surface area (Å²) in [5.41, 5.74) is 0.891. The highest BCUT2D eigenvalue weighted by Crippen LogP contribution is 2.41. The van der Waals surface area contributed by atoms with E-state index in [1.807, 2.05) is 6.07 Å². The largest absolute Gasteiger partial charge is 0.205 e. The van der Waals surface area contributed by atoms with Gasteiger partial charge in [-0.3, -0.25) is 0 Å². The molecule has 0 radical (unpaired) electrons. The van der Waals surface area contributed by atoms with E-state index in [-0.39, 0.29) is 9.85 Å². The maximum Gasteiger partial charge on any atom is 0.141 e. The van der Waals surface area contributed by atoms with Gasteiger partial charge in [-0.2, -0.15) is 0 Å². The summed E-state index contributed by atoms with van der Waals surface area (Å²) in [5, 5.41) is 0.788. The minimum Gasteiger partial charge on any atom is -0.205 e. The molecule has 0 fully saturated rings. The second-order valence-electron chi connectivity index (χ2n) is 3.31. The summed E-state index contributed by atoms with van der Waals surface area (Å²) in [6, 6.07) is 6.53. The summed E-state index contributed by atoms with van der Waals surface area (Å²) >= 11 is 20.2. The molecule has 1 unspecified atom stereocenters. The molecule has 6 heteroatoms. The van der Waals surface area contributed by atoms with Crippen molar-refractivity contribution in [3.8, 4) is 0 Å². The van der Waals surface area contributed by atoms with Gasteiger partial charge in [-0.25, -0.2) is 4.39 Å². The summed E-state index contributed by atoms with van der Waals surface area (Å²) in [6.45, 7) is 0. The molecule has 0 saturated heterocycles. The fraction of sp³-hybridized carbons (Fsp3) is 0.0909. The van der Waals surface area contributed by atoms with Gasteiger partial charge in [-0.05, 0) is 39.7 Å². The van der Waals surface area contributed by atoms with Crippen molar-refractivity contribution < 1.29 is 4.39 Å². The SMILES string of the molecule is Fc1ccc(C(Br)c2cc(Cl)c(Br)s2)cc1Cl. The highest BCUT2D eigenvalue weighted by Gasteiger charge is 2.16. The molecule has 0 bridgehead atoms. The zero-order chi connectivity index (χ0) is 12.6. The number of hydrogen-bond donors (Lipinski definition) is 0. The van der Waals surface area contributed by atoms with E-state index in [1.54, 1.807) is 12.1 Å². The van der Waals surface area contributed by atoms with Crippen LogP contribution < -0.4 is 0 Å². The standard InChI is InChI=1S/C11H5Br2Cl2FS/c12-10(9-4-7(15)11(13)17-9)5-1-2-8(16)6(14)3-5/h1-4,10H. The normalized spacial score (nSPS) is 12.8. The predicted molar refractivity (Wildman–Crippen MR) is 79.2 cm³/mol. The fourth-order valence-electron chi connectivity index (χ4n) is 1.32. The van der Waals surface area contributed by atoms with Crippen LogP contribution in [0.15, 0.2) is 28.1 Å². The lowest BCUT2D eigenvalue weighted by Gasteiger charge is -2.08. The molecule has 0 nitrogen and oxygen atoms in total. The summed E-state index contributed by atoms with van der Waals surface area (Å²) in [4.78, 5) is 0.985. The van der Waals surface area contributed by atoms with Crippen molar-refractivity contribution in [3.05, 3.63) is 54.4 Å². The molecule has 0 aliphatic heterocycles. The minimum absolute atomic E-state index is 0.0469. The van der Waals surface area contributed by atoms with E-state index in [0.29, 0.717) is 5.02 Å². The first kappa shape index (κ1) is 13.8. The lowest BCUT2D eigenvalue weighted by molar-refractivity contribution is 0.627. The lowest BCUT2D eigenvalue weighted by Crippen LogP contribution is -1.90. The average molecular weight is 419 g/mol. The molecule has 0 amide bonds. The third-order valence-corrected chi connectivity index (χ3v) is 6.30. The van der Waals surface area contributed by atoms with Crippen LogP contribution in [0.5, 0.6) is 0 Å². The van der Waals surface area contributed by atoms with Crippen molar-refractivity contribution >= 4 is 66.4 Å². The maximum absolute atomic E-state index is 13.1.